The molecule has 1 N–H and O–H groups in total. The van der Waals surface area contributed by atoms with Gasteiger partial charge in [0.15, 0.2) is 0 Å². The van der Waals surface area contributed by atoms with E-state index in [4.69, 9.17) is 27.9 Å². The Morgan fingerprint density at radius 3 is 2.22 bits per heavy atom. The van der Waals surface area contributed by atoms with Crippen LogP contribution in [0.5, 0.6) is 5.75 Å². The molecule has 0 aromatic heterocycles. The largest absolute Gasteiger partial charge is 0.494 e. The summed E-state index contributed by atoms with van der Waals surface area (Å²) in [5, 5.41) is 3.86. The quantitative estimate of drug-likeness (QED) is 0.463. The summed E-state index contributed by atoms with van der Waals surface area (Å²) < 4.78 is 5.73. The highest BCUT2D eigenvalue weighted by atomic mass is 35.5. The fourth-order valence-corrected chi connectivity index (χ4v) is 3.62. The number of ether oxygens (including phenoxy) is 1. The van der Waals surface area contributed by atoms with Crippen LogP contribution >= 0.6 is 23.2 Å². The summed E-state index contributed by atoms with van der Waals surface area (Å²) in [4.78, 5) is 27.5. The molecule has 0 unspecified atom stereocenters. The Labute approximate surface area is 201 Å². The van der Waals surface area contributed by atoms with E-state index in [2.05, 4.69) is 5.32 Å². The lowest BCUT2D eigenvalue weighted by molar-refractivity contribution is -0.141. The standard InChI is InChI=1S/C25H32Cl2N2O3/c1-17-11-13-19(14-12-17)32-15-7-10-23(30)29(18(2)24(31)28-25(3,4)5)16-20-21(26)8-6-9-22(20)27/h6,8-9,11-14,18H,7,10,15-16H2,1-5H3,(H,28,31)/t18-/m0/s1. The average molecular weight is 479 g/mol. The van der Waals surface area contributed by atoms with Gasteiger partial charge in [-0.2, -0.15) is 0 Å². The first-order valence-electron chi connectivity index (χ1n) is 10.7. The summed E-state index contributed by atoms with van der Waals surface area (Å²) in [6.45, 7) is 9.98. The van der Waals surface area contributed by atoms with Crippen molar-refractivity contribution in [3.63, 3.8) is 0 Å². The zero-order chi connectivity index (χ0) is 23.9. The summed E-state index contributed by atoms with van der Waals surface area (Å²) in [7, 11) is 0. The number of carbonyl (C=O) groups is 2. The number of nitrogens with one attached hydrogen (secondary N) is 1. The summed E-state index contributed by atoms with van der Waals surface area (Å²) >= 11 is 12.7. The van der Waals surface area contributed by atoms with E-state index >= 15 is 0 Å². The number of aryl methyl sites for hydroxylation is 1. The minimum atomic E-state index is -0.688. The molecule has 0 fully saturated rings. The third kappa shape index (κ3) is 8.03. The normalized spacial score (nSPS) is 12.2. The minimum absolute atomic E-state index is 0.148. The van der Waals surface area contributed by atoms with Gasteiger partial charge in [-0.3, -0.25) is 9.59 Å². The highest BCUT2D eigenvalue weighted by molar-refractivity contribution is 6.36. The Kier molecular flexibility index (Phi) is 9.41. The molecule has 7 heteroatoms. The molecule has 0 aliphatic carbocycles. The second-order valence-corrected chi connectivity index (χ2v) is 9.72. The lowest BCUT2D eigenvalue weighted by atomic mass is 10.1. The minimum Gasteiger partial charge on any atom is -0.494 e. The fourth-order valence-electron chi connectivity index (χ4n) is 3.10. The van der Waals surface area contributed by atoms with Gasteiger partial charge in [0.1, 0.15) is 11.8 Å². The van der Waals surface area contributed by atoms with Crippen molar-refractivity contribution in [3.05, 3.63) is 63.6 Å². The predicted molar refractivity (Wildman–Crippen MR) is 130 cm³/mol. The molecule has 0 saturated heterocycles. The van der Waals surface area contributed by atoms with Gasteiger partial charge >= 0.3 is 0 Å². The number of carbonyl (C=O) groups excluding carboxylic acids is 2. The Morgan fingerprint density at radius 2 is 1.66 bits per heavy atom. The van der Waals surface area contributed by atoms with Gasteiger partial charge in [-0.1, -0.05) is 47.0 Å². The Bertz CT molecular complexity index is 904. The number of halogens is 2. The Balaban J connectivity index is 2.09. The van der Waals surface area contributed by atoms with Gasteiger partial charge < -0.3 is 15.0 Å². The summed E-state index contributed by atoms with van der Waals surface area (Å²) in [6, 6.07) is 12.3. The van der Waals surface area contributed by atoms with Gasteiger partial charge in [0, 0.05) is 34.1 Å². The molecule has 0 bridgehead atoms. The van der Waals surface area contributed by atoms with Crippen LogP contribution in [0.4, 0.5) is 0 Å². The summed E-state index contributed by atoms with van der Waals surface area (Å²) in [5.74, 6) is 0.371. The van der Waals surface area contributed by atoms with E-state index in [9.17, 15) is 9.59 Å². The van der Waals surface area contributed by atoms with Crippen molar-refractivity contribution in [2.24, 2.45) is 0 Å². The predicted octanol–water partition coefficient (Wildman–Crippen LogP) is 5.79. The molecule has 0 radical (unpaired) electrons. The highest BCUT2D eigenvalue weighted by Gasteiger charge is 2.29. The smallest absolute Gasteiger partial charge is 0.242 e. The third-order valence-corrected chi connectivity index (χ3v) is 5.59. The highest BCUT2D eigenvalue weighted by Crippen LogP contribution is 2.27. The van der Waals surface area contributed by atoms with Crippen molar-refractivity contribution < 1.29 is 14.3 Å². The lowest BCUT2D eigenvalue weighted by Gasteiger charge is -2.32. The van der Waals surface area contributed by atoms with Crippen LogP contribution in [0.1, 0.15) is 51.7 Å². The first-order valence-corrected chi connectivity index (χ1v) is 11.5. The molecule has 2 amide bonds. The van der Waals surface area contributed by atoms with Crippen LogP contribution in [-0.2, 0) is 16.1 Å². The maximum absolute atomic E-state index is 13.1. The van der Waals surface area contributed by atoms with Crippen molar-refractivity contribution in [2.45, 2.75) is 65.6 Å². The summed E-state index contributed by atoms with van der Waals surface area (Å²) in [6.07, 6.45) is 0.758. The molecule has 174 valence electrons. The summed E-state index contributed by atoms with van der Waals surface area (Å²) in [5.41, 5.74) is 1.36. The second kappa shape index (κ2) is 11.6. The van der Waals surface area contributed by atoms with Crippen LogP contribution in [0.2, 0.25) is 10.0 Å². The zero-order valence-corrected chi connectivity index (χ0v) is 20.9. The third-order valence-electron chi connectivity index (χ3n) is 4.88. The number of rotatable bonds is 9. The number of hydrogen-bond acceptors (Lipinski definition) is 3. The molecule has 0 saturated carbocycles. The van der Waals surface area contributed by atoms with Crippen molar-refractivity contribution >= 4 is 35.0 Å². The van der Waals surface area contributed by atoms with E-state index in [0.717, 1.165) is 11.3 Å². The molecule has 1 atom stereocenters. The molecule has 2 rings (SSSR count). The molecule has 5 nitrogen and oxygen atoms in total. The molecular formula is C25H32Cl2N2O3. The van der Waals surface area contributed by atoms with Crippen LogP contribution in [0.25, 0.3) is 0 Å². The van der Waals surface area contributed by atoms with E-state index < -0.39 is 11.6 Å². The van der Waals surface area contributed by atoms with E-state index in [0.29, 0.717) is 28.6 Å². The van der Waals surface area contributed by atoms with Gasteiger partial charge in [0.05, 0.1) is 6.61 Å². The van der Waals surface area contributed by atoms with Gasteiger partial charge in [-0.25, -0.2) is 0 Å². The molecule has 2 aromatic carbocycles. The van der Waals surface area contributed by atoms with E-state index in [1.165, 1.54) is 4.90 Å². The number of hydrogen-bond donors (Lipinski definition) is 1. The zero-order valence-electron chi connectivity index (χ0n) is 19.4. The molecular weight excluding hydrogens is 447 g/mol. The number of amides is 2. The molecule has 0 spiro atoms. The monoisotopic (exact) mass is 478 g/mol. The Hall–Kier alpha value is -2.24. The second-order valence-electron chi connectivity index (χ2n) is 8.90. The fraction of sp³-hybridized carbons (Fsp3) is 0.440. The van der Waals surface area contributed by atoms with Gasteiger partial charge in [0.2, 0.25) is 11.8 Å². The molecule has 0 aliphatic rings. The average Bonchev–Trinajstić information content (AvgIpc) is 2.70. The maximum Gasteiger partial charge on any atom is 0.242 e. The van der Waals surface area contributed by atoms with Gasteiger partial charge in [-0.05, 0) is 65.3 Å². The van der Waals surface area contributed by atoms with E-state index in [-0.39, 0.29) is 24.8 Å². The van der Waals surface area contributed by atoms with Crippen LogP contribution < -0.4 is 10.1 Å². The van der Waals surface area contributed by atoms with Crippen LogP contribution in [0, 0.1) is 6.92 Å². The van der Waals surface area contributed by atoms with Crippen molar-refractivity contribution in [2.75, 3.05) is 6.61 Å². The van der Waals surface area contributed by atoms with Crippen molar-refractivity contribution in [1.82, 2.24) is 10.2 Å². The van der Waals surface area contributed by atoms with Crippen LogP contribution in [-0.4, -0.2) is 34.9 Å². The van der Waals surface area contributed by atoms with Crippen LogP contribution in [0.3, 0.4) is 0 Å². The van der Waals surface area contributed by atoms with Crippen molar-refractivity contribution in [1.29, 1.82) is 0 Å². The van der Waals surface area contributed by atoms with Crippen molar-refractivity contribution in [3.8, 4) is 5.75 Å². The number of benzene rings is 2. The first-order chi connectivity index (χ1) is 15.0. The maximum atomic E-state index is 13.1. The molecule has 0 aliphatic heterocycles. The van der Waals surface area contributed by atoms with Crippen LogP contribution in [0.15, 0.2) is 42.5 Å². The Morgan fingerprint density at radius 1 is 1.06 bits per heavy atom. The van der Waals surface area contributed by atoms with E-state index in [1.807, 2.05) is 52.0 Å². The van der Waals surface area contributed by atoms with Gasteiger partial charge in [0.25, 0.3) is 0 Å². The van der Waals surface area contributed by atoms with Gasteiger partial charge in [-0.15, -0.1) is 0 Å². The molecule has 0 heterocycles. The molecule has 32 heavy (non-hydrogen) atoms. The first kappa shape index (κ1) is 26.0. The SMILES string of the molecule is Cc1ccc(OCCCC(=O)N(Cc2c(Cl)cccc2Cl)[C@@H](C)C(=O)NC(C)(C)C)cc1. The topological polar surface area (TPSA) is 58.6 Å². The van der Waals surface area contributed by atoms with E-state index in [1.54, 1.807) is 25.1 Å². The molecule has 2 aromatic rings. The number of nitrogens with zero attached hydrogens (tertiary/aromatic N) is 1. The lowest BCUT2D eigenvalue weighted by Crippen LogP contribution is -2.52.